The topological polar surface area (TPSA) is 24.9 Å². The van der Waals surface area contributed by atoms with Gasteiger partial charge in [-0.25, -0.2) is 9.37 Å². The molecule has 1 N–H and O–H groups in total. The van der Waals surface area contributed by atoms with Gasteiger partial charge in [0.15, 0.2) is 0 Å². The molecule has 0 saturated heterocycles. The second kappa shape index (κ2) is 4.84. The molecule has 1 unspecified atom stereocenters. The lowest BCUT2D eigenvalue weighted by Crippen LogP contribution is -2.06. The first-order valence-electron chi connectivity index (χ1n) is 5.50. The van der Waals surface area contributed by atoms with E-state index in [1.54, 1.807) is 11.3 Å². The van der Waals surface area contributed by atoms with Gasteiger partial charge in [0.05, 0.1) is 17.2 Å². The Bertz CT molecular complexity index is 502. The molecule has 0 spiro atoms. The van der Waals surface area contributed by atoms with Crippen LogP contribution in [0.5, 0.6) is 0 Å². The maximum Gasteiger partial charge on any atom is 0.125 e. The number of hydrogen-bond donors (Lipinski definition) is 1. The van der Waals surface area contributed by atoms with Crippen LogP contribution in [0.4, 0.5) is 10.1 Å². The van der Waals surface area contributed by atoms with Gasteiger partial charge in [-0.2, -0.15) is 0 Å². The maximum atomic E-state index is 13.3. The van der Waals surface area contributed by atoms with Gasteiger partial charge in [0.1, 0.15) is 5.82 Å². The van der Waals surface area contributed by atoms with Crippen molar-refractivity contribution in [2.24, 2.45) is 0 Å². The molecule has 0 amide bonds. The minimum atomic E-state index is -0.208. The molecule has 1 aromatic carbocycles. The molecule has 1 heterocycles. The molecule has 0 aliphatic carbocycles. The minimum absolute atomic E-state index is 0.142. The van der Waals surface area contributed by atoms with E-state index in [0.29, 0.717) is 0 Å². The zero-order valence-electron chi connectivity index (χ0n) is 10.1. The number of nitrogens with one attached hydrogen (secondary N) is 1. The van der Waals surface area contributed by atoms with Crippen LogP contribution in [0.25, 0.3) is 0 Å². The Balaban J connectivity index is 2.18. The van der Waals surface area contributed by atoms with Crippen molar-refractivity contribution in [3.05, 3.63) is 45.7 Å². The number of hydrogen-bond acceptors (Lipinski definition) is 3. The minimum Gasteiger partial charge on any atom is -0.378 e. The number of nitrogens with zero attached hydrogens (tertiary/aromatic N) is 1. The van der Waals surface area contributed by atoms with Gasteiger partial charge < -0.3 is 5.32 Å². The van der Waals surface area contributed by atoms with E-state index in [1.165, 1.54) is 17.0 Å². The first kappa shape index (κ1) is 12.0. The highest BCUT2D eigenvalue weighted by atomic mass is 32.1. The van der Waals surface area contributed by atoms with Crippen LogP contribution in [-0.2, 0) is 0 Å². The van der Waals surface area contributed by atoms with Crippen LogP contribution in [0.1, 0.15) is 29.1 Å². The molecule has 0 saturated carbocycles. The quantitative estimate of drug-likeness (QED) is 0.888. The molecule has 2 aromatic rings. The highest BCUT2D eigenvalue weighted by Crippen LogP contribution is 2.25. The van der Waals surface area contributed by atoms with Crippen LogP contribution < -0.4 is 5.32 Å². The van der Waals surface area contributed by atoms with E-state index < -0.39 is 0 Å². The second-order valence-electron chi connectivity index (χ2n) is 4.19. The Kier molecular flexibility index (Phi) is 3.43. The van der Waals surface area contributed by atoms with Gasteiger partial charge >= 0.3 is 0 Å². The summed E-state index contributed by atoms with van der Waals surface area (Å²) in [6, 6.07) is 5.12. The number of rotatable bonds is 3. The molecule has 17 heavy (non-hydrogen) atoms. The van der Waals surface area contributed by atoms with E-state index in [4.69, 9.17) is 0 Å². The lowest BCUT2D eigenvalue weighted by molar-refractivity contribution is 0.626. The van der Waals surface area contributed by atoms with Crippen molar-refractivity contribution in [3.8, 4) is 0 Å². The fourth-order valence-corrected chi connectivity index (χ4v) is 2.67. The van der Waals surface area contributed by atoms with Gasteiger partial charge in [0, 0.05) is 10.6 Å². The molecule has 1 aromatic heterocycles. The molecule has 1 atom stereocenters. The van der Waals surface area contributed by atoms with E-state index in [-0.39, 0.29) is 11.9 Å². The average Bonchev–Trinajstić information content (AvgIpc) is 2.62. The summed E-state index contributed by atoms with van der Waals surface area (Å²) in [7, 11) is 0. The zero-order chi connectivity index (χ0) is 12.4. The average molecular weight is 250 g/mol. The molecule has 0 fully saturated rings. The Morgan fingerprint density at radius 1 is 1.29 bits per heavy atom. The van der Waals surface area contributed by atoms with Crippen LogP contribution in [0, 0.1) is 19.7 Å². The fourth-order valence-electron chi connectivity index (χ4n) is 1.86. The van der Waals surface area contributed by atoms with Gasteiger partial charge in [-0.05, 0) is 44.5 Å². The molecule has 2 nitrogen and oxygen atoms in total. The lowest BCUT2D eigenvalue weighted by Gasteiger charge is -2.15. The SMILES string of the molecule is Cc1cc(F)cc(NC(C)c2scnc2C)c1. The van der Waals surface area contributed by atoms with E-state index in [9.17, 15) is 4.39 Å². The zero-order valence-corrected chi connectivity index (χ0v) is 10.9. The molecular formula is C13H15FN2S. The van der Waals surface area contributed by atoms with Crippen molar-refractivity contribution in [2.45, 2.75) is 26.8 Å². The summed E-state index contributed by atoms with van der Waals surface area (Å²) in [5, 5.41) is 3.30. The Hall–Kier alpha value is -1.42. The number of anilines is 1. The molecule has 2 rings (SSSR count). The van der Waals surface area contributed by atoms with Crippen molar-refractivity contribution in [1.29, 1.82) is 0 Å². The second-order valence-corrected chi connectivity index (χ2v) is 5.07. The number of benzene rings is 1. The molecule has 4 heteroatoms. The number of aryl methyl sites for hydroxylation is 2. The lowest BCUT2D eigenvalue weighted by atomic mass is 10.2. The van der Waals surface area contributed by atoms with Crippen molar-refractivity contribution >= 4 is 17.0 Å². The van der Waals surface area contributed by atoms with Gasteiger partial charge in [-0.1, -0.05) is 0 Å². The summed E-state index contributed by atoms with van der Waals surface area (Å²) >= 11 is 1.62. The Morgan fingerprint density at radius 3 is 2.65 bits per heavy atom. The largest absolute Gasteiger partial charge is 0.378 e. The third-order valence-electron chi connectivity index (χ3n) is 2.60. The van der Waals surface area contributed by atoms with E-state index in [2.05, 4.69) is 17.2 Å². The number of halogens is 1. The summed E-state index contributed by atoms with van der Waals surface area (Å²) in [6.07, 6.45) is 0. The van der Waals surface area contributed by atoms with E-state index >= 15 is 0 Å². The monoisotopic (exact) mass is 250 g/mol. The normalized spacial score (nSPS) is 12.5. The summed E-state index contributed by atoms with van der Waals surface area (Å²) in [4.78, 5) is 5.41. The first-order chi connectivity index (χ1) is 8.06. The molecule has 90 valence electrons. The van der Waals surface area contributed by atoms with Gasteiger partial charge in [-0.15, -0.1) is 11.3 Å². The fraction of sp³-hybridized carbons (Fsp3) is 0.308. The van der Waals surface area contributed by atoms with Crippen LogP contribution in [0.3, 0.4) is 0 Å². The van der Waals surface area contributed by atoms with Crippen molar-refractivity contribution in [1.82, 2.24) is 4.98 Å². The summed E-state index contributed by atoms with van der Waals surface area (Å²) < 4.78 is 13.3. The summed E-state index contributed by atoms with van der Waals surface area (Å²) in [5.74, 6) is -0.208. The Labute approximate surface area is 105 Å². The molecular weight excluding hydrogens is 235 g/mol. The summed E-state index contributed by atoms with van der Waals surface area (Å²) in [5.41, 5.74) is 4.59. The Morgan fingerprint density at radius 2 is 2.06 bits per heavy atom. The van der Waals surface area contributed by atoms with E-state index in [1.807, 2.05) is 25.4 Å². The third kappa shape index (κ3) is 2.82. The molecule has 0 bridgehead atoms. The summed E-state index contributed by atoms with van der Waals surface area (Å²) in [6.45, 7) is 5.93. The van der Waals surface area contributed by atoms with Crippen LogP contribution >= 0.6 is 11.3 Å². The van der Waals surface area contributed by atoms with Crippen LogP contribution in [0.15, 0.2) is 23.7 Å². The van der Waals surface area contributed by atoms with Crippen molar-refractivity contribution in [3.63, 3.8) is 0 Å². The highest BCUT2D eigenvalue weighted by molar-refractivity contribution is 7.09. The van der Waals surface area contributed by atoms with Crippen molar-refractivity contribution < 1.29 is 4.39 Å². The smallest absolute Gasteiger partial charge is 0.125 e. The molecule has 0 aliphatic rings. The number of aromatic nitrogens is 1. The van der Waals surface area contributed by atoms with E-state index in [0.717, 1.165) is 16.9 Å². The molecule has 0 aliphatic heterocycles. The van der Waals surface area contributed by atoms with Gasteiger partial charge in [0.25, 0.3) is 0 Å². The standard InChI is InChI=1S/C13H15FN2S/c1-8-4-11(14)6-12(5-8)16-10(3)13-9(2)15-7-17-13/h4-7,10,16H,1-3H3. The van der Waals surface area contributed by atoms with Gasteiger partial charge in [0.2, 0.25) is 0 Å². The predicted molar refractivity (Wildman–Crippen MR) is 70.0 cm³/mol. The van der Waals surface area contributed by atoms with Gasteiger partial charge in [-0.3, -0.25) is 0 Å². The number of thiazole rings is 1. The van der Waals surface area contributed by atoms with Crippen LogP contribution in [0.2, 0.25) is 0 Å². The highest BCUT2D eigenvalue weighted by Gasteiger charge is 2.11. The third-order valence-corrected chi connectivity index (χ3v) is 3.71. The van der Waals surface area contributed by atoms with Crippen molar-refractivity contribution in [2.75, 3.05) is 5.32 Å². The molecule has 0 radical (unpaired) electrons. The first-order valence-corrected chi connectivity index (χ1v) is 6.38. The predicted octanol–water partition coefficient (Wildman–Crippen LogP) is 4.07. The maximum absolute atomic E-state index is 13.3. The van der Waals surface area contributed by atoms with Crippen LogP contribution in [-0.4, -0.2) is 4.98 Å².